The molecule has 0 spiro atoms. The van der Waals surface area contributed by atoms with E-state index in [1.807, 2.05) is 52.9 Å². The minimum absolute atomic E-state index is 0.0742. The molecule has 0 radical (unpaired) electrons. The zero-order valence-corrected chi connectivity index (χ0v) is 16.0. The quantitative estimate of drug-likeness (QED) is 0.459. The van der Waals surface area contributed by atoms with E-state index in [2.05, 4.69) is 4.98 Å². The van der Waals surface area contributed by atoms with Crippen molar-refractivity contribution in [2.24, 2.45) is 0 Å². The SMILES string of the molecule is CCOC(=O)c1c(O)c2c(I)ccnc2n(OCc2ccccc2)c1=O. The normalized spacial score (nSPS) is 10.7. The second-order valence-corrected chi connectivity index (χ2v) is 6.46. The van der Waals surface area contributed by atoms with Gasteiger partial charge in [-0.15, -0.1) is 4.73 Å². The van der Waals surface area contributed by atoms with Gasteiger partial charge in [-0.2, -0.15) is 0 Å². The molecule has 134 valence electrons. The number of hydrogen-bond donors (Lipinski definition) is 1. The van der Waals surface area contributed by atoms with Gasteiger partial charge in [0.1, 0.15) is 12.4 Å². The summed E-state index contributed by atoms with van der Waals surface area (Å²) in [7, 11) is 0. The van der Waals surface area contributed by atoms with Crippen LogP contribution >= 0.6 is 22.6 Å². The maximum absolute atomic E-state index is 12.8. The van der Waals surface area contributed by atoms with Crippen LogP contribution in [0.5, 0.6) is 5.75 Å². The fourth-order valence-corrected chi connectivity index (χ4v) is 3.10. The second kappa shape index (κ2) is 7.73. The molecular weight excluding hydrogens is 451 g/mol. The lowest BCUT2D eigenvalue weighted by Crippen LogP contribution is -2.33. The lowest BCUT2D eigenvalue weighted by atomic mass is 10.2. The third-order valence-corrected chi connectivity index (χ3v) is 4.53. The average molecular weight is 466 g/mol. The lowest BCUT2D eigenvalue weighted by Gasteiger charge is -2.15. The number of benzene rings is 1. The number of hydrogen-bond acceptors (Lipinski definition) is 6. The smallest absolute Gasteiger partial charge is 0.347 e. The van der Waals surface area contributed by atoms with Gasteiger partial charge in [0.25, 0.3) is 0 Å². The minimum Gasteiger partial charge on any atom is -0.506 e. The standard InChI is InChI=1S/C18H15IN2O5/c1-2-25-18(24)14-15(22)13-12(19)8-9-20-16(13)21(17(14)23)26-10-11-6-4-3-5-7-11/h3-9,22H,2,10H2,1H3. The van der Waals surface area contributed by atoms with Crippen molar-refractivity contribution in [1.29, 1.82) is 0 Å². The third kappa shape index (κ3) is 3.36. The molecule has 1 aromatic carbocycles. The molecule has 0 bridgehead atoms. The predicted molar refractivity (Wildman–Crippen MR) is 103 cm³/mol. The zero-order chi connectivity index (χ0) is 18.7. The molecule has 0 fully saturated rings. The van der Waals surface area contributed by atoms with Crippen LogP contribution in [-0.2, 0) is 11.3 Å². The monoisotopic (exact) mass is 466 g/mol. The molecule has 0 aliphatic heterocycles. The topological polar surface area (TPSA) is 90.7 Å². The summed E-state index contributed by atoms with van der Waals surface area (Å²) in [5.41, 5.74) is -0.329. The molecule has 8 heteroatoms. The van der Waals surface area contributed by atoms with Crippen LogP contribution in [0.2, 0.25) is 0 Å². The fraction of sp³-hybridized carbons (Fsp3) is 0.167. The molecule has 2 aromatic heterocycles. The molecule has 0 aliphatic rings. The van der Waals surface area contributed by atoms with Gasteiger partial charge in [0.2, 0.25) is 0 Å². The van der Waals surface area contributed by atoms with Crippen molar-refractivity contribution >= 4 is 39.6 Å². The summed E-state index contributed by atoms with van der Waals surface area (Å²) in [6.07, 6.45) is 1.50. The Morgan fingerprint density at radius 3 is 2.69 bits per heavy atom. The highest BCUT2D eigenvalue weighted by Crippen LogP contribution is 2.29. The molecular formula is C18H15IN2O5. The number of fused-ring (bicyclic) bond motifs is 1. The number of carbonyl (C=O) groups is 1. The maximum Gasteiger partial charge on any atom is 0.347 e. The number of nitrogens with zero attached hydrogens (tertiary/aromatic N) is 2. The van der Waals surface area contributed by atoms with Crippen LogP contribution in [0, 0.1) is 3.57 Å². The Balaban J connectivity index is 2.18. The van der Waals surface area contributed by atoms with Crippen molar-refractivity contribution in [2.75, 3.05) is 6.61 Å². The number of ether oxygens (including phenoxy) is 1. The van der Waals surface area contributed by atoms with Gasteiger partial charge in [0.05, 0.1) is 12.0 Å². The van der Waals surface area contributed by atoms with Crippen molar-refractivity contribution in [2.45, 2.75) is 13.5 Å². The third-order valence-electron chi connectivity index (χ3n) is 3.63. The van der Waals surface area contributed by atoms with E-state index in [-0.39, 0.29) is 24.2 Å². The molecule has 0 atom stereocenters. The molecule has 1 N–H and O–H groups in total. The van der Waals surface area contributed by atoms with Crippen molar-refractivity contribution in [1.82, 2.24) is 9.71 Å². The number of carbonyl (C=O) groups excluding carboxylic acids is 1. The van der Waals surface area contributed by atoms with E-state index in [1.54, 1.807) is 13.0 Å². The maximum atomic E-state index is 12.8. The first kappa shape index (κ1) is 18.2. The van der Waals surface area contributed by atoms with Crippen LogP contribution in [0.15, 0.2) is 47.4 Å². The Morgan fingerprint density at radius 2 is 2.00 bits per heavy atom. The van der Waals surface area contributed by atoms with Crippen molar-refractivity contribution in [3.05, 3.63) is 67.6 Å². The summed E-state index contributed by atoms with van der Waals surface area (Å²) in [5, 5.41) is 10.8. The molecule has 0 saturated heterocycles. The Bertz CT molecular complexity index is 1020. The molecule has 3 rings (SSSR count). The van der Waals surface area contributed by atoms with Gasteiger partial charge in [0.15, 0.2) is 11.2 Å². The summed E-state index contributed by atoms with van der Waals surface area (Å²) in [6, 6.07) is 10.9. The van der Waals surface area contributed by atoms with E-state index < -0.39 is 22.8 Å². The van der Waals surface area contributed by atoms with Crippen LogP contribution < -0.4 is 10.4 Å². The number of rotatable bonds is 5. The lowest BCUT2D eigenvalue weighted by molar-refractivity contribution is 0.0508. The minimum atomic E-state index is -0.909. The van der Waals surface area contributed by atoms with E-state index in [0.717, 1.165) is 10.3 Å². The first-order chi connectivity index (χ1) is 12.5. The molecule has 0 aliphatic carbocycles. The van der Waals surface area contributed by atoms with Gasteiger partial charge in [-0.05, 0) is 41.1 Å². The summed E-state index contributed by atoms with van der Waals surface area (Å²) in [6.45, 7) is 1.78. The molecule has 0 amide bonds. The second-order valence-electron chi connectivity index (χ2n) is 5.29. The van der Waals surface area contributed by atoms with Gasteiger partial charge < -0.3 is 14.7 Å². The van der Waals surface area contributed by atoms with Crippen LogP contribution in [-0.4, -0.2) is 27.4 Å². The Morgan fingerprint density at radius 1 is 1.27 bits per heavy atom. The van der Waals surface area contributed by atoms with Crippen molar-refractivity contribution in [3.63, 3.8) is 0 Å². The zero-order valence-electron chi connectivity index (χ0n) is 13.8. The highest BCUT2D eigenvalue weighted by molar-refractivity contribution is 14.1. The Kier molecular flexibility index (Phi) is 5.40. The van der Waals surface area contributed by atoms with Crippen LogP contribution in [0.4, 0.5) is 0 Å². The van der Waals surface area contributed by atoms with Gasteiger partial charge in [-0.3, -0.25) is 4.79 Å². The number of aromatic hydroxyl groups is 1. The van der Waals surface area contributed by atoms with Crippen LogP contribution in [0.1, 0.15) is 22.8 Å². The van der Waals surface area contributed by atoms with Gasteiger partial charge in [-0.25, -0.2) is 9.78 Å². The molecule has 0 unspecified atom stereocenters. The first-order valence-electron chi connectivity index (χ1n) is 7.81. The number of esters is 1. The summed E-state index contributed by atoms with van der Waals surface area (Å²) in [4.78, 5) is 34.8. The van der Waals surface area contributed by atoms with Crippen LogP contribution in [0.3, 0.4) is 0 Å². The molecule has 3 aromatic rings. The average Bonchev–Trinajstić information content (AvgIpc) is 2.62. The summed E-state index contributed by atoms with van der Waals surface area (Å²) < 4.78 is 6.45. The molecule has 2 heterocycles. The van der Waals surface area contributed by atoms with Gasteiger partial charge in [-0.1, -0.05) is 30.3 Å². The van der Waals surface area contributed by atoms with E-state index >= 15 is 0 Å². The highest BCUT2D eigenvalue weighted by atomic mass is 127. The summed E-state index contributed by atoms with van der Waals surface area (Å²) in [5.74, 6) is -1.37. The highest BCUT2D eigenvalue weighted by Gasteiger charge is 2.26. The number of halogens is 1. The van der Waals surface area contributed by atoms with Gasteiger partial charge in [0, 0.05) is 9.77 Å². The Labute approximate surface area is 162 Å². The number of aromatic nitrogens is 2. The van der Waals surface area contributed by atoms with Crippen LogP contribution in [0.25, 0.3) is 11.0 Å². The van der Waals surface area contributed by atoms with E-state index in [1.165, 1.54) is 6.20 Å². The van der Waals surface area contributed by atoms with E-state index in [9.17, 15) is 14.7 Å². The summed E-state index contributed by atoms with van der Waals surface area (Å²) >= 11 is 1.99. The first-order valence-corrected chi connectivity index (χ1v) is 8.89. The largest absolute Gasteiger partial charge is 0.506 e. The molecule has 0 saturated carbocycles. The molecule has 26 heavy (non-hydrogen) atoms. The molecule has 7 nitrogen and oxygen atoms in total. The predicted octanol–water partition coefficient (Wildman–Crippen LogP) is 2.51. The van der Waals surface area contributed by atoms with E-state index in [0.29, 0.717) is 3.57 Å². The fourth-order valence-electron chi connectivity index (χ4n) is 2.45. The Hall–Kier alpha value is -2.62. The van der Waals surface area contributed by atoms with Crippen molar-refractivity contribution < 1.29 is 19.5 Å². The van der Waals surface area contributed by atoms with Gasteiger partial charge >= 0.3 is 11.5 Å². The number of pyridine rings is 2. The van der Waals surface area contributed by atoms with Crippen molar-refractivity contribution in [3.8, 4) is 5.75 Å². The van der Waals surface area contributed by atoms with E-state index in [4.69, 9.17) is 9.57 Å².